The minimum Gasteiger partial charge on any atom is -0.349 e. The second-order valence-corrected chi connectivity index (χ2v) is 8.01. The molecule has 28 heavy (non-hydrogen) atoms. The van der Waals surface area contributed by atoms with Gasteiger partial charge in [-0.05, 0) is 55.0 Å². The molecule has 0 spiro atoms. The van der Waals surface area contributed by atoms with E-state index < -0.39 is 17.8 Å². The molecular formula is C21H19F3N2OS. The van der Waals surface area contributed by atoms with Crippen LogP contribution in [0.4, 0.5) is 18.9 Å². The molecule has 1 atom stereocenters. The number of nitrogens with zero attached hydrogens (tertiary/aromatic N) is 1. The molecule has 3 nitrogen and oxygen atoms in total. The molecule has 1 aromatic carbocycles. The minimum atomic E-state index is -4.45. The Balaban J connectivity index is 1.75. The number of thiophene rings is 1. The molecule has 146 valence electrons. The van der Waals surface area contributed by atoms with Crippen LogP contribution in [0.1, 0.15) is 39.7 Å². The molecule has 2 heterocycles. The van der Waals surface area contributed by atoms with Crippen molar-refractivity contribution in [1.29, 1.82) is 0 Å². The first-order chi connectivity index (χ1) is 13.3. The highest BCUT2D eigenvalue weighted by Crippen LogP contribution is 2.45. The molecule has 0 bridgehead atoms. The van der Waals surface area contributed by atoms with Crippen LogP contribution in [0.5, 0.6) is 0 Å². The van der Waals surface area contributed by atoms with Crippen molar-refractivity contribution in [3.63, 3.8) is 0 Å². The van der Waals surface area contributed by atoms with E-state index in [1.54, 1.807) is 46.8 Å². The van der Waals surface area contributed by atoms with E-state index in [4.69, 9.17) is 0 Å². The van der Waals surface area contributed by atoms with Gasteiger partial charge >= 0.3 is 6.18 Å². The van der Waals surface area contributed by atoms with Crippen LogP contribution in [0.3, 0.4) is 0 Å². The summed E-state index contributed by atoms with van der Waals surface area (Å²) in [6.07, 6.45) is 1.67. The summed E-state index contributed by atoms with van der Waals surface area (Å²) in [7, 11) is 0. The van der Waals surface area contributed by atoms with Crippen molar-refractivity contribution in [3.05, 3.63) is 75.6 Å². The summed E-state index contributed by atoms with van der Waals surface area (Å²) in [5.74, 6) is -0.191. The lowest BCUT2D eigenvalue weighted by Gasteiger charge is -2.36. The van der Waals surface area contributed by atoms with E-state index in [2.05, 4.69) is 5.32 Å². The summed E-state index contributed by atoms with van der Waals surface area (Å²) < 4.78 is 41.2. The number of alkyl halides is 3. The Morgan fingerprint density at radius 3 is 2.68 bits per heavy atom. The van der Waals surface area contributed by atoms with Gasteiger partial charge in [0.05, 0.1) is 11.6 Å². The fourth-order valence-electron chi connectivity index (χ4n) is 3.30. The molecule has 0 radical (unpaired) electrons. The zero-order chi connectivity index (χ0) is 19.9. The number of aryl methyl sites for hydroxylation is 1. The van der Waals surface area contributed by atoms with Crippen LogP contribution in [0.2, 0.25) is 0 Å². The first kappa shape index (κ1) is 18.8. The molecule has 1 aliphatic carbocycles. The van der Waals surface area contributed by atoms with Crippen LogP contribution in [-0.4, -0.2) is 18.1 Å². The van der Waals surface area contributed by atoms with E-state index in [0.717, 1.165) is 24.5 Å². The topological polar surface area (TPSA) is 32.3 Å². The quantitative estimate of drug-likeness (QED) is 0.729. The Kier molecular flexibility index (Phi) is 4.79. The van der Waals surface area contributed by atoms with Crippen molar-refractivity contribution in [2.24, 2.45) is 0 Å². The maximum absolute atomic E-state index is 13.7. The van der Waals surface area contributed by atoms with Crippen molar-refractivity contribution in [1.82, 2.24) is 5.32 Å². The molecule has 2 aliphatic rings. The van der Waals surface area contributed by atoms with Crippen molar-refractivity contribution < 1.29 is 18.0 Å². The van der Waals surface area contributed by atoms with Gasteiger partial charge in [-0.1, -0.05) is 18.2 Å². The number of rotatable bonds is 4. The van der Waals surface area contributed by atoms with Gasteiger partial charge in [0.1, 0.15) is 0 Å². The predicted octanol–water partition coefficient (Wildman–Crippen LogP) is 5.51. The van der Waals surface area contributed by atoms with Crippen LogP contribution in [-0.2, 0) is 0 Å². The number of anilines is 1. The lowest BCUT2D eigenvalue weighted by atomic mass is 9.98. The predicted molar refractivity (Wildman–Crippen MR) is 104 cm³/mol. The van der Waals surface area contributed by atoms with E-state index in [1.165, 1.54) is 17.4 Å². The number of allylic oxidation sites excluding steroid dienone is 2. The van der Waals surface area contributed by atoms with E-state index in [1.807, 2.05) is 6.92 Å². The van der Waals surface area contributed by atoms with Crippen molar-refractivity contribution in [2.45, 2.75) is 38.0 Å². The molecule has 1 aliphatic heterocycles. The van der Waals surface area contributed by atoms with Crippen LogP contribution in [0.25, 0.3) is 0 Å². The zero-order valence-corrected chi connectivity index (χ0v) is 16.0. The summed E-state index contributed by atoms with van der Waals surface area (Å²) in [5.41, 5.74) is 1.23. The highest BCUT2D eigenvalue weighted by atomic mass is 32.1. The van der Waals surface area contributed by atoms with E-state index in [9.17, 15) is 18.0 Å². The Morgan fingerprint density at radius 2 is 2.04 bits per heavy atom. The minimum absolute atomic E-state index is 0.191. The molecule has 7 heteroatoms. The number of carbonyl (C=O) groups excluding carboxylic acids is 1. The fraction of sp³-hybridized carbons (Fsp3) is 0.286. The molecule has 1 unspecified atom stereocenters. The Labute approximate surface area is 165 Å². The number of carbonyl (C=O) groups is 1. The van der Waals surface area contributed by atoms with Gasteiger partial charge in [0.15, 0.2) is 0 Å². The number of nitrogens with one attached hydrogen (secondary N) is 1. The SMILES string of the molecule is Cc1ccc(C(=O)NC2CC2)cc1N1C=CC=C(C(F)(F)F)C1c1cccs1. The first-order valence-corrected chi connectivity index (χ1v) is 9.91. The second kappa shape index (κ2) is 7.13. The van der Waals surface area contributed by atoms with Gasteiger partial charge in [-0.3, -0.25) is 4.79 Å². The summed E-state index contributed by atoms with van der Waals surface area (Å²) in [6, 6.07) is 7.86. The molecule has 1 amide bonds. The van der Waals surface area contributed by atoms with E-state index >= 15 is 0 Å². The van der Waals surface area contributed by atoms with Crippen LogP contribution >= 0.6 is 11.3 Å². The van der Waals surface area contributed by atoms with Crippen LogP contribution < -0.4 is 10.2 Å². The average molecular weight is 404 g/mol. The Hall–Kier alpha value is -2.54. The normalized spacial score (nSPS) is 19.5. The highest BCUT2D eigenvalue weighted by Gasteiger charge is 2.43. The van der Waals surface area contributed by atoms with Crippen LogP contribution in [0, 0.1) is 6.92 Å². The van der Waals surface area contributed by atoms with Gasteiger partial charge in [0.2, 0.25) is 0 Å². The second-order valence-electron chi connectivity index (χ2n) is 7.04. The zero-order valence-electron chi connectivity index (χ0n) is 15.2. The molecule has 2 aromatic rings. The summed E-state index contributed by atoms with van der Waals surface area (Å²) in [4.78, 5) is 14.6. The van der Waals surface area contributed by atoms with Gasteiger partial charge in [-0.2, -0.15) is 13.2 Å². The summed E-state index contributed by atoms with van der Waals surface area (Å²) in [6.45, 7) is 1.84. The van der Waals surface area contributed by atoms with Gasteiger partial charge in [-0.25, -0.2) is 0 Å². The van der Waals surface area contributed by atoms with Gasteiger partial charge in [0, 0.05) is 28.4 Å². The van der Waals surface area contributed by atoms with Gasteiger partial charge in [-0.15, -0.1) is 11.3 Å². The molecule has 1 N–H and O–H groups in total. The molecule has 1 saturated carbocycles. The number of hydrogen-bond donors (Lipinski definition) is 1. The maximum Gasteiger partial charge on any atom is 0.415 e. The number of halogens is 3. The lowest BCUT2D eigenvalue weighted by molar-refractivity contribution is -0.0958. The third kappa shape index (κ3) is 3.71. The van der Waals surface area contributed by atoms with Crippen molar-refractivity contribution >= 4 is 22.9 Å². The van der Waals surface area contributed by atoms with E-state index in [-0.39, 0.29) is 11.9 Å². The standard InChI is InChI=1S/C21H19F3N2OS/c1-13-6-7-14(20(27)25-15-8-9-15)12-17(13)26-10-2-4-16(21(22,23)24)19(26)18-5-3-11-28-18/h2-7,10-12,15,19H,8-9H2,1H3,(H,25,27). The highest BCUT2D eigenvalue weighted by molar-refractivity contribution is 7.10. The molecular weight excluding hydrogens is 385 g/mol. The smallest absolute Gasteiger partial charge is 0.349 e. The Morgan fingerprint density at radius 1 is 1.25 bits per heavy atom. The molecule has 0 saturated heterocycles. The maximum atomic E-state index is 13.7. The third-order valence-corrected chi connectivity index (χ3v) is 5.82. The van der Waals surface area contributed by atoms with Crippen molar-refractivity contribution in [2.75, 3.05) is 4.90 Å². The van der Waals surface area contributed by atoms with Crippen molar-refractivity contribution in [3.8, 4) is 0 Å². The third-order valence-electron chi connectivity index (χ3n) is 4.90. The molecule has 1 aromatic heterocycles. The van der Waals surface area contributed by atoms with Gasteiger partial charge < -0.3 is 10.2 Å². The largest absolute Gasteiger partial charge is 0.415 e. The van der Waals surface area contributed by atoms with Gasteiger partial charge in [0.25, 0.3) is 5.91 Å². The lowest BCUT2D eigenvalue weighted by Crippen LogP contribution is -2.33. The number of hydrogen-bond acceptors (Lipinski definition) is 3. The van der Waals surface area contributed by atoms with Crippen LogP contribution in [0.15, 0.2) is 59.6 Å². The average Bonchev–Trinajstić information content (AvgIpc) is 3.30. The number of benzene rings is 1. The Bertz CT molecular complexity index is 943. The monoisotopic (exact) mass is 404 g/mol. The summed E-state index contributed by atoms with van der Waals surface area (Å²) in [5, 5.41) is 4.70. The number of amides is 1. The molecule has 1 fully saturated rings. The first-order valence-electron chi connectivity index (χ1n) is 9.03. The summed E-state index contributed by atoms with van der Waals surface area (Å²) >= 11 is 1.29. The van der Waals surface area contributed by atoms with E-state index in [0.29, 0.717) is 16.1 Å². The molecule has 4 rings (SSSR count). The fourth-order valence-corrected chi connectivity index (χ4v) is 4.14.